The molecule has 0 spiro atoms. The molecule has 0 atom stereocenters. The molecule has 140 valence electrons. The molecule has 0 fully saturated rings. The molecular formula is C22H24N2O3. The van der Waals surface area contributed by atoms with Crippen molar-refractivity contribution in [3.63, 3.8) is 0 Å². The average molecular weight is 364 g/mol. The Morgan fingerprint density at radius 3 is 2.63 bits per heavy atom. The summed E-state index contributed by atoms with van der Waals surface area (Å²) in [7, 11) is 1.62. The van der Waals surface area contributed by atoms with Crippen molar-refractivity contribution < 1.29 is 9.47 Å². The number of aromatic nitrogens is 2. The van der Waals surface area contributed by atoms with Gasteiger partial charge >= 0.3 is 5.56 Å². The van der Waals surface area contributed by atoms with Crippen LogP contribution in [0.4, 0.5) is 0 Å². The molecule has 0 radical (unpaired) electrons. The Kier molecular flexibility index (Phi) is 5.60. The smallest absolute Gasteiger partial charge is 0.313 e. The fourth-order valence-corrected chi connectivity index (χ4v) is 2.82. The van der Waals surface area contributed by atoms with E-state index in [1.165, 1.54) is 4.68 Å². The summed E-state index contributed by atoms with van der Waals surface area (Å²) in [5, 5.41) is 4.63. The predicted octanol–water partition coefficient (Wildman–Crippen LogP) is 4.31. The van der Waals surface area contributed by atoms with Gasteiger partial charge < -0.3 is 9.47 Å². The van der Waals surface area contributed by atoms with Gasteiger partial charge in [-0.1, -0.05) is 31.2 Å². The molecule has 1 heterocycles. The van der Waals surface area contributed by atoms with E-state index in [4.69, 9.17) is 9.47 Å². The van der Waals surface area contributed by atoms with Crippen molar-refractivity contribution in [2.24, 2.45) is 0 Å². The highest BCUT2D eigenvalue weighted by atomic mass is 16.5. The third-order valence-electron chi connectivity index (χ3n) is 4.30. The van der Waals surface area contributed by atoms with Gasteiger partial charge in [-0.15, -0.1) is 0 Å². The predicted molar refractivity (Wildman–Crippen MR) is 107 cm³/mol. The van der Waals surface area contributed by atoms with E-state index >= 15 is 0 Å². The first-order valence-electron chi connectivity index (χ1n) is 9.02. The number of methoxy groups -OCH3 is 1. The third-order valence-corrected chi connectivity index (χ3v) is 4.30. The molecule has 0 amide bonds. The molecule has 3 aromatic rings. The Balaban J connectivity index is 2.23. The molecule has 0 unspecified atom stereocenters. The van der Waals surface area contributed by atoms with E-state index in [9.17, 15) is 4.79 Å². The molecule has 0 saturated heterocycles. The number of rotatable bonds is 6. The summed E-state index contributed by atoms with van der Waals surface area (Å²) in [5.74, 6) is 1.03. The summed E-state index contributed by atoms with van der Waals surface area (Å²) in [6, 6.07) is 15.3. The minimum Gasteiger partial charge on any atom is -0.497 e. The van der Waals surface area contributed by atoms with Gasteiger partial charge in [-0.25, -0.2) is 0 Å². The summed E-state index contributed by atoms with van der Waals surface area (Å²) in [4.78, 5) is 13.0. The van der Waals surface area contributed by atoms with Crippen molar-refractivity contribution in [1.82, 2.24) is 9.78 Å². The van der Waals surface area contributed by atoms with Crippen molar-refractivity contribution in [3.8, 4) is 28.4 Å². The molecule has 0 N–H and O–H groups in total. The van der Waals surface area contributed by atoms with Crippen LogP contribution in [0.15, 0.2) is 53.3 Å². The van der Waals surface area contributed by atoms with Crippen LogP contribution >= 0.6 is 0 Å². The Hall–Kier alpha value is -3.08. The molecule has 5 heteroatoms. The molecule has 5 nitrogen and oxygen atoms in total. The Bertz CT molecular complexity index is 1010. The van der Waals surface area contributed by atoms with Gasteiger partial charge in [-0.2, -0.15) is 9.78 Å². The quantitative estimate of drug-likeness (QED) is 0.654. The van der Waals surface area contributed by atoms with Crippen molar-refractivity contribution in [2.75, 3.05) is 13.7 Å². The third kappa shape index (κ3) is 4.03. The summed E-state index contributed by atoms with van der Waals surface area (Å²) in [6.07, 6.45) is 0.819. The van der Waals surface area contributed by atoms with Gasteiger partial charge in [-0.3, -0.25) is 4.79 Å². The number of hydrogen-bond donors (Lipinski definition) is 0. The molecule has 0 bridgehead atoms. The van der Waals surface area contributed by atoms with Crippen LogP contribution in [-0.2, 0) is 0 Å². The van der Waals surface area contributed by atoms with Gasteiger partial charge in [-0.05, 0) is 49.6 Å². The van der Waals surface area contributed by atoms with Crippen LogP contribution in [0, 0.1) is 13.8 Å². The zero-order chi connectivity index (χ0) is 19.4. The van der Waals surface area contributed by atoms with E-state index in [-0.39, 0.29) is 5.56 Å². The molecule has 27 heavy (non-hydrogen) atoms. The van der Waals surface area contributed by atoms with Crippen molar-refractivity contribution in [3.05, 3.63) is 70.0 Å². The lowest BCUT2D eigenvalue weighted by Gasteiger charge is -2.14. The molecular weight excluding hydrogens is 340 g/mol. The maximum atomic E-state index is 13.0. The van der Waals surface area contributed by atoms with Crippen molar-refractivity contribution >= 4 is 0 Å². The Morgan fingerprint density at radius 2 is 1.89 bits per heavy atom. The highest BCUT2D eigenvalue weighted by molar-refractivity contribution is 5.62. The number of aryl methyl sites for hydroxylation is 2. The number of benzene rings is 2. The van der Waals surface area contributed by atoms with Crippen LogP contribution in [0.3, 0.4) is 0 Å². The van der Waals surface area contributed by atoms with Gasteiger partial charge in [0.15, 0.2) is 5.75 Å². The van der Waals surface area contributed by atoms with Crippen molar-refractivity contribution in [1.29, 1.82) is 0 Å². The topological polar surface area (TPSA) is 53.4 Å². The van der Waals surface area contributed by atoms with Gasteiger partial charge in [0, 0.05) is 11.6 Å². The molecule has 0 aliphatic heterocycles. The molecule has 0 aliphatic rings. The fraction of sp³-hybridized carbons (Fsp3) is 0.273. The van der Waals surface area contributed by atoms with E-state index < -0.39 is 0 Å². The second-order valence-corrected chi connectivity index (χ2v) is 6.48. The summed E-state index contributed by atoms with van der Waals surface area (Å²) in [6.45, 7) is 6.44. The van der Waals surface area contributed by atoms with Crippen LogP contribution in [0.5, 0.6) is 11.5 Å². The molecule has 2 aromatic carbocycles. The van der Waals surface area contributed by atoms with E-state index in [0.717, 1.165) is 34.5 Å². The van der Waals surface area contributed by atoms with E-state index in [1.54, 1.807) is 13.2 Å². The van der Waals surface area contributed by atoms with Gasteiger partial charge in [0.05, 0.1) is 25.1 Å². The zero-order valence-electron chi connectivity index (χ0n) is 16.2. The summed E-state index contributed by atoms with van der Waals surface area (Å²) in [5.41, 5.74) is 4.04. The highest BCUT2D eigenvalue weighted by Crippen LogP contribution is 2.25. The highest BCUT2D eigenvalue weighted by Gasteiger charge is 2.14. The van der Waals surface area contributed by atoms with E-state index in [1.807, 2.05) is 63.2 Å². The number of hydrogen-bond acceptors (Lipinski definition) is 4. The normalized spacial score (nSPS) is 10.7. The maximum Gasteiger partial charge on any atom is 0.313 e. The zero-order valence-corrected chi connectivity index (χ0v) is 16.2. The maximum absolute atomic E-state index is 13.0. The first-order valence-corrected chi connectivity index (χ1v) is 9.02. The largest absolute Gasteiger partial charge is 0.497 e. The van der Waals surface area contributed by atoms with Gasteiger partial charge in [0.2, 0.25) is 0 Å². The van der Waals surface area contributed by atoms with E-state index in [0.29, 0.717) is 18.1 Å². The summed E-state index contributed by atoms with van der Waals surface area (Å²) >= 11 is 0. The van der Waals surface area contributed by atoms with Crippen LogP contribution in [0.25, 0.3) is 16.9 Å². The number of ether oxygens (including phenoxy) is 2. The minimum atomic E-state index is -0.260. The van der Waals surface area contributed by atoms with Crippen LogP contribution in [-0.4, -0.2) is 23.5 Å². The average Bonchev–Trinajstić information content (AvgIpc) is 2.69. The second-order valence-electron chi connectivity index (χ2n) is 6.48. The van der Waals surface area contributed by atoms with E-state index in [2.05, 4.69) is 5.10 Å². The lowest BCUT2D eigenvalue weighted by atomic mass is 10.1. The van der Waals surface area contributed by atoms with Crippen LogP contribution < -0.4 is 15.0 Å². The monoisotopic (exact) mass is 364 g/mol. The Morgan fingerprint density at radius 1 is 1.07 bits per heavy atom. The standard InChI is InChI=1S/C22H24N2O3/c1-5-11-27-21-14-19(17-7-6-8-18(13-17)26-4)23-24(22(21)25)20-12-15(2)9-10-16(20)3/h6-10,12-14H,5,11H2,1-4H3. The number of nitrogens with zero attached hydrogens (tertiary/aromatic N) is 2. The first kappa shape index (κ1) is 18.7. The molecule has 3 rings (SSSR count). The molecule has 0 saturated carbocycles. The van der Waals surface area contributed by atoms with Gasteiger partial charge in [0.1, 0.15) is 5.75 Å². The molecule has 0 aliphatic carbocycles. The lowest BCUT2D eigenvalue weighted by molar-refractivity contribution is 0.310. The minimum absolute atomic E-state index is 0.260. The first-order chi connectivity index (χ1) is 13.0. The van der Waals surface area contributed by atoms with Crippen molar-refractivity contribution in [2.45, 2.75) is 27.2 Å². The van der Waals surface area contributed by atoms with Gasteiger partial charge in [0.25, 0.3) is 0 Å². The lowest BCUT2D eigenvalue weighted by Crippen LogP contribution is -2.24. The Labute approximate surface area is 159 Å². The van der Waals surface area contributed by atoms with Crippen LogP contribution in [0.1, 0.15) is 24.5 Å². The van der Waals surface area contributed by atoms with Crippen LogP contribution in [0.2, 0.25) is 0 Å². The molecule has 1 aromatic heterocycles. The second kappa shape index (κ2) is 8.08. The fourth-order valence-electron chi connectivity index (χ4n) is 2.82. The SMILES string of the molecule is CCCOc1cc(-c2cccc(OC)c2)nn(-c2cc(C)ccc2C)c1=O. The summed E-state index contributed by atoms with van der Waals surface area (Å²) < 4.78 is 12.5.